The predicted molar refractivity (Wildman–Crippen MR) is 108 cm³/mol. The normalized spacial score (nSPS) is 11.2. The zero-order valence-corrected chi connectivity index (χ0v) is 17.6. The van der Waals surface area contributed by atoms with Crippen molar-refractivity contribution in [3.63, 3.8) is 0 Å². The average Bonchev–Trinajstić information content (AvgIpc) is 2.99. The number of carbonyl (C=O) groups excluding carboxylic acids is 3. The maximum absolute atomic E-state index is 13.1. The molecule has 10 heteroatoms. The highest BCUT2D eigenvalue weighted by Crippen LogP contribution is 2.34. The van der Waals surface area contributed by atoms with E-state index in [4.69, 9.17) is 4.74 Å². The summed E-state index contributed by atoms with van der Waals surface area (Å²) in [6, 6.07) is 4.59. The van der Waals surface area contributed by atoms with Gasteiger partial charge in [-0.15, -0.1) is 0 Å². The van der Waals surface area contributed by atoms with Crippen molar-refractivity contribution in [3.05, 3.63) is 52.3 Å². The van der Waals surface area contributed by atoms with Gasteiger partial charge in [-0.05, 0) is 45.4 Å². The van der Waals surface area contributed by atoms with Gasteiger partial charge < -0.3 is 19.9 Å². The molecule has 7 nitrogen and oxygen atoms in total. The topological polar surface area (TPSA) is 91.5 Å². The number of para-hydroxylation sites is 1. The average molecular weight is 439 g/mol. The first-order valence-electron chi connectivity index (χ1n) is 9.62. The number of benzene rings is 1. The summed E-state index contributed by atoms with van der Waals surface area (Å²) >= 11 is 0. The van der Waals surface area contributed by atoms with E-state index in [1.54, 1.807) is 27.7 Å². The molecule has 0 saturated carbocycles. The van der Waals surface area contributed by atoms with Gasteiger partial charge in [0.05, 0.1) is 23.4 Å². The number of nitrogens with zero attached hydrogens (tertiary/aromatic N) is 1. The smallest absolute Gasteiger partial charge is 0.418 e. The minimum absolute atomic E-state index is 0.117. The third kappa shape index (κ3) is 5.44. The van der Waals surface area contributed by atoms with Gasteiger partial charge >= 0.3 is 12.1 Å². The Balaban J connectivity index is 2.21. The quantitative estimate of drug-likeness (QED) is 0.640. The number of halogens is 3. The summed E-state index contributed by atoms with van der Waals surface area (Å²) in [5.74, 6) is -1.91. The van der Waals surface area contributed by atoms with Crippen LogP contribution in [0.2, 0.25) is 0 Å². The van der Waals surface area contributed by atoms with Gasteiger partial charge in [0.2, 0.25) is 5.91 Å². The first-order valence-corrected chi connectivity index (χ1v) is 9.62. The Kier molecular flexibility index (Phi) is 7.48. The molecule has 2 amide bonds. The van der Waals surface area contributed by atoms with Gasteiger partial charge in [0.1, 0.15) is 12.2 Å². The second kappa shape index (κ2) is 9.67. The van der Waals surface area contributed by atoms with Crippen LogP contribution in [0.25, 0.3) is 0 Å². The number of hydrogen-bond donors (Lipinski definition) is 2. The highest BCUT2D eigenvalue weighted by Gasteiger charge is 2.34. The molecule has 2 aromatic rings. The molecule has 0 atom stereocenters. The van der Waals surface area contributed by atoms with E-state index in [2.05, 4.69) is 10.3 Å². The second-order valence-electron chi connectivity index (χ2n) is 6.76. The van der Waals surface area contributed by atoms with E-state index in [0.717, 1.165) is 12.1 Å². The number of alkyl halides is 3. The highest BCUT2D eigenvalue weighted by molar-refractivity contribution is 6.02. The molecule has 1 aromatic carbocycles. The van der Waals surface area contributed by atoms with Crippen LogP contribution in [-0.4, -0.2) is 47.4 Å². The number of amides is 2. The summed E-state index contributed by atoms with van der Waals surface area (Å²) in [7, 11) is 0. The van der Waals surface area contributed by atoms with Gasteiger partial charge in [-0.1, -0.05) is 12.1 Å². The van der Waals surface area contributed by atoms with E-state index < -0.39 is 36.1 Å². The molecule has 1 aromatic heterocycles. The monoisotopic (exact) mass is 439 g/mol. The minimum atomic E-state index is -4.63. The Morgan fingerprint density at radius 3 is 2.35 bits per heavy atom. The summed E-state index contributed by atoms with van der Waals surface area (Å²) in [6.07, 6.45) is -4.63. The summed E-state index contributed by atoms with van der Waals surface area (Å²) < 4.78 is 44.4. The summed E-state index contributed by atoms with van der Waals surface area (Å²) in [5, 5.41) is 2.22. The van der Waals surface area contributed by atoms with Crippen molar-refractivity contribution >= 4 is 23.5 Å². The molecule has 0 bridgehead atoms. The first kappa shape index (κ1) is 24.0. The molecule has 168 valence electrons. The Bertz CT molecular complexity index is 983. The number of carbonyl (C=O) groups is 3. The summed E-state index contributed by atoms with van der Waals surface area (Å²) in [4.78, 5) is 41.5. The molecule has 2 rings (SSSR count). The molecule has 0 aliphatic rings. The lowest BCUT2D eigenvalue weighted by Gasteiger charge is -2.21. The first-order chi connectivity index (χ1) is 14.5. The minimum Gasteiger partial charge on any atom is -0.462 e. The Labute approximate surface area is 177 Å². The van der Waals surface area contributed by atoms with Crippen LogP contribution in [0, 0.1) is 13.8 Å². The molecule has 2 N–H and O–H groups in total. The van der Waals surface area contributed by atoms with E-state index in [1.807, 2.05) is 0 Å². The van der Waals surface area contributed by atoms with Crippen molar-refractivity contribution < 1.29 is 32.3 Å². The number of H-pyrrole nitrogens is 1. The number of aryl methyl sites for hydroxylation is 1. The van der Waals surface area contributed by atoms with Crippen molar-refractivity contribution in [1.29, 1.82) is 0 Å². The maximum Gasteiger partial charge on any atom is 0.418 e. The number of aromatic amines is 1. The van der Waals surface area contributed by atoms with Crippen molar-refractivity contribution in [3.8, 4) is 0 Å². The zero-order chi connectivity index (χ0) is 23.3. The van der Waals surface area contributed by atoms with Gasteiger partial charge in [-0.25, -0.2) is 4.79 Å². The van der Waals surface area contributed by atoms with Crippen LogP contribution in [-0.2, 0) is 15.7 Å². The van der Waals surface area contributed by atoms with Gasteiger partial charge in [0.15, 0.2) is 0 Å². The van der Waals surface area contributed by atoms with Gasteiger partial charge in [0, 0.05) is 12.2 Å². The molecular formula is C21H24F3N3O4. The van der Waals surface area contributed by atoms with E-state index >= 15 is 0 Å². The standard InChI is InChI=1S/C21H24F3N3O4/c1-5-27(11-16(28)26-15-10-8-7-9-14(15)21(22,23)24)19(29)18-12(3)17(13(4)25-18)20(30)31-6-2/h7-10,25H,5-6,11H2,1-4H3,(H,26,28). The largest absolute Gasteiger partial charge is 0.462 e. The Morgan fingerprint density at radius 2 is 1.77 bits per heavy atom. The molecule has 0 radical (unpaired) electrons. The van der Waals surface area contributed by atoms with E-state index in [0.29, 0.717) is 11.3 Å². The molecule has 0 fully saturated rings. The van der Waals surface area contributed by atoms with Crippen LogP contribution >= 0.6 is 0 Å². The fourth-order valence-corrected chi connectivity index (χ4v) is 3.16. The SMILES string of the molecule is CCOC(=O)c1c(C)[nH]c(C(=O)N(CC)CC(=O)Nc2ccccc2C(F)(F)F)c1C. The molecule has 0 aliphatic carbocycles. The fraction of sp³-hybridized carbons (Fsp3) is 0.381. The van der Waals surface area contributed by atoms with Gasteiger partial charge in [0.25, 0.3) is 5.91 Å². The lowest BCUT2D eigenvalue weighted by molar-refractivity contribution is -0.137. The Morgan fingerprint density at radius 1 is 1.13 bits per heavy atom. The number of hydrogen-bond acceptors (Lipinski definition) is 4. The van der Waals surface area contributed by atoms with E-state index in [1.165, 1.54) is 17.0 Å². The number of nitrogens with one attached hydrogen (secondary N) is 2. The number of rotatable bonds is 7. The molecule has 0 aliphatic heterocycles. The summed E-state index contributed by atoms with van der Waals surface area (Å²) in [6.45, 7) is 6.32. The van der Waals surface area contributed by atoms with Crippen LogP contribution in [0.15, 0.2) is 24.3 Å². The number of ether oxygens (including phenoxy) is 1. The van der Waals surface area contributed by atoms with Crippen LogP contribution in [0.3, 0.4) is 0 Å². The van der Waals surface area contributed by atoms with Crippen molar-refractivity contribution in [2.75, 3.05) is 25.0 Å². The van der Waals surface area contributed by atoms with Crippen molar-refractivity contribution in [2.45, 2.75) is 33.9 Å². The Hall–Kier alpha value is -3.30. The van der Waals surface area contributed by atoms with E-state index in [-0.39, 0.29) is 30.1 Å². The number of anilines is 1. The van der Waals surface area contributed by atoms with Gasteiger partial charge in [-0.2, -0.15) is 13.2 Å². The molecule has 31 heavy (non-hydrogen) atoms. The fourth-order valence-electron chi connectivity index (χ4n) is 3.16. The van der Waals surface area contributed by atoms with Crippen LogP contribution in [0.1, 0.15) is 51.5 Å². The van der Waals surface area contributed by atoms with Crippen LogP contribution in [0.5, 0.6) is 0 Å². The lowest BCUT2D eigenvalue weighted by atomic mass is 10.1. The third-order valence-electron chi connectivity index (χ3n) is 4.64. The third-order valence-corrected chi connectivity index (χ3v) is 4.64. The highest BCUT2D eigenvalue weighted by atomic mass is 19.4. The molecule has 0 unspecified atom stereocenters. The van der Waals surface area contributed by atoms with Gasteiger partial charge in [-0.3, -0.25) is 9.59 Å². The van der Waals surface area contributed by atoms with Crippen LogP contribution < -0.4 is 5.32 Å². The number of esters is 1. The zero-order valence-electron chi connectivity index (χ0n) is 17.6. The van der Waals surface area contributed by atoms with Crippen molar-refractivity contribution in [1.82, 2.24) is 9.88 Å². The lowest BCUT2D eigenvalue weighted by Crippen LogP contribution is -2.38. The molecule has 1 heterocycles. The predicted octanol–water partition coefficient (Wildman–Crippen LogP) is 3.93. The van der Waals surface area contributed by atoms with E-state index in [9.17, 15) is 27.6 Å². The maximum atomic E-state index is 13.1. The summed E-state index contributed by atoms with van der Waals surface area (Å²) in [5.41, 5.74) is -0.190. The number of aromatic nitrogens is 1. The molecular weight excluding hydrogens is 415 g/mol. The second-order valence-corrected chi connectivity index (χ2v) is 6.76. The molecule has 0 saturated heterocycles. The van der Waals surface area contributed by atoms with Crippen molar-refractivity contribution in [2.24, 2.45) is 0 Å². The number of likely N-dealkylation sites (N-methyl/N-ethyl adjacent to an activating group) is 1. The molecule has 0 spiro atoms. The van der Waals surface area contributed by atoms with Crippen LogP contribution in [0.4, 0.5) is 18.9 Å².